The molecule has 0 aromatic carbocycles. The van der Waals surface area contributed by atoms with Crippen LogP contribution in [0.5, 0.6) is 0 Å². The second-order valence-electron chi connectivity index (χ2n) is 8.90. The van der Waals surface area contributed by atoms with Crippen LogP contribution in [-0.2, 0) is 23.9 Å². The Morgan fingerprint density at radius 2 is 2.03 bits per heavy atom. The van der Waals surface area contributed by atoms with E-state index in [4.69, 9.17) is 9.47 Å². The van der Waals surface area contributed by atoms with E-state index in [1.807, 2.05) is 24.3 Å². The molecule has 2 fully saturated rings. The Kier molecular flexibility index (Phi) is 6.21. The zero-order valence-corrected chi connectivity index (χ0v) is 18.2. The van der Waals surface area contributed by atoms with Gasteiger partial charge in [0.15, 0.2) is 0 Å². The fourth-order valence-electron chi connectivity index (χ4n) is 5.41. The number of likely N-dealkylation sites (tertiary alicyclic amines) is 1. The van der Waals surface area contributed by atoms with E-state index in [2.05, 4.69) is 6.92 Å². The monoisotopic (exact) mass is 432 g/mol. The van der Waals surface area contributed by atoms with Crippen molar-refractivity contribution >= 4 is 17.8 Å². The highest BCUT2D eigenvalue weighted by Crippen LogP contribution is 2.53. The maximum Gasteiger partial charge on any atom is 0.312 e. The summed E-state index contributed by atoms with van der Waals surface area (Å²) in [7, 11) is 0. The van der Waals surface area contributed by atoms with Gasteiger partial charge in [-0.3, -0.25) is 14.4 Å². The molecule has 8 nitrogen and oxygen atoms in total. The van der Waals surface area contributed by atoms with E-state index in [0.717, 1.165) is 19.3 Å². The van der Waals surface area contributed by atoms with Crippen molar-refractivity contribution in [3.8, 4) is 0 Å². The molecule has 31 heavy (non-hydrogen) atoms. The van der Waals surface area contributed by atoms with Crippen molar-refractivity contribution in [2.45, 2.75) is 63.3 Å². The third kappa shape index (κ3) is 3.49. The number of amides is 2. The number of carbonyl (C=O) groups excluding carboxylic acids is 3. The van der Waals surface area contributed by atoms with Crippen molar-refractivity contribution in [3.05, 3.63) is 24.3 Å². The average Bonchev–Trinajstić information content (AvgIpc) is 3.13. The summed E-state index contributed by atoms with van der Waals surface area (Å²) >= 11 is 0. The molecule has 2 amide bonds. The van der Waals surface area contributed by atoms with Gasteiger partial charge in [0, 0.05) is 13.1 Å². The highest BCUT2D eigenvalue weighted by Gasteiger charge is 2.72. The van der Waals surface area contributed by atoms with Crippen LogP contribution in [0.4, 0.5) is 0 Å². The molecule has 2 saturated heterocycles. The quantitative estimate of drug-likeness (QED) is 0.383. The van der Waals surface area contributed by atoms with Crippen LogP contribution in [-0.4, -0.2) is 82.8 Å². The van der Waals surface area contributed by atoms with Gasteiger partial charge in [0.05, 0.1) is 31.3 Å². The summed E-state index contributed by atoms with van der Waals surface area (Å²) in [6, 6.07) is -1.49. The third-order valence-electron chi connectivity index (χ3n) is 6.91. The Morgan fingerprint density at radius 1 is 1.23 bits per heavy atom. The number of rotatable bonds is 6. The summed E-state index contributed by atoms with van der Waals surface area (Å²) in [5.41, 5.74) is -1.25. The van der Waals surface area contributed by atoms with Crippen molar-refractivity contribution in [2.24, 2.45) is 11.8 Å². The van der Waals surface area contributed by atoms with Crippen LogP contribution in [0.15, 0.2) is 24.3 Å². The van der Waals surface area contributed by atoms with Gasteiger partial charge in [-0.25, -0.2) is 0 Å². The Bertz CT molecular complexity index is 795. The molecule has 170 valence electrons. The van der Waals surface area contributed by atoms with Crippen LogP contribution in [0.3, 0.4) is 0 Å². The lowest BCUT2D eigenvalue weighted by molar-refractivity contribution is -0.156. The molecular formula is C23H32N2O6. The van der Waals surface area contributed by atoms with E-state index >= 15 is 0 Å². The highest BCUT2D eigenvalue weighted by atomic mass is 16.6. The molecule has 1 N–H and O–H groups in total. The van der Waals surface area contributed by atoms with E-state index in [-0.39, 0.29) is 25.0 Å². The maximum absolute atomic E-state index is 13.8. The lowest BCUT2D eigenvalue weighted by atomic mass is 9.77. The number of carbonyl (C=O) groups is 3. The predicted molar refractivity (Wildman–Crippen MR) is 112 cm³/mol. The van der Waals surface area contributed by atoms with Gasteiger partial charge >= 0.3 is 5.97 Å². The summed E-state index contributed by atoms with van der Waals surface area (Å²) < 4.78 is 11.8. The molecule has 0 aliphatic carbocycles. The molecule has 4 aliphatic rings. The van der Waals surface area contributed by atoms with Gasteiger partial charge in [0.2, 0.25) is 11.8 Å². The standard InChI is InChI=1S/C23H32N2O6/c1-3-4-6-11-24-12-8-10-23-18(17-16(31-23)9-5-7-13-30-22(17)29)20(27)25(15(2)14-26)19(23)21(24)28/h5,8-10,15-19,26H,3-4,6-7,11-14H2,1-2H3/t15-,16-,17+,18+,19?,23+/m1/s1. The topological polar surface area (TPSA) is 96.4 Å². The van der Waals surface area contributed by atoms with Gasteiger partial charge in [-0.05, 0) is 19.8 Å². The Morgan fingerprint density at radius 3 is 2.77 bits per heavy atom. The number of nitrogens with zero attached hydrogens (tertiary/aromatic N) is 2. The van der Waals surface area contributed by atoms with Crippen LogP contribution in [0, 0.1) is 11.8 Å². The number of fused-ring (bicyclic) bond motifs is 2. The first-order valence-electron chi connectivity index (χ1n) is 11.4. The Labute approximate surface area is 182 Å². The first-order chi connectivity index (χ1) is 15.0. The van der Waals surface area contributed by atoms with Gasteiger partial charge in [0.1, 0.15) is 17.6 Å². The lowest BCUT2D eigenvalue weighted by Crippen LogP contribution is -2.57. The van der Waals surface area contributed by atoms with Crippen LogP contribution in [0.2, 0.25) is 0 Å². The molecule has 0 aromatic heterocycles. The number of esters is 1. The number of hydrogen-bond acceptors (Lipinski definition) is 6. The Hall–Kier alpha value is -2.19. The molecule has 1 spiro atoms. The van der Waals surface area contributed by atoms with Crippen LogP contribution >= 0.6 is 0 Å². The van der Waals surface area contributed by atoms with E-state index in [1.54, 1.807) is 11.8 Å². The van der Waals surface area contributed by atoms with E-state index < -0.39 is 41.6 Å². The number of cyclic esters (lactones) is 1. The zero-order valence-electron chi connectivity index (χ0n) is 18.2. The molecule has 1 unspecified atom stereocenters. The fourth-order valence-corrected chi connectivity index (χ4v) is 5.41. The van der Waals surface area contributed by atoms with Gasteiger partial charge in [-0.2, -0.15) is 0 Å². The number of ether oxygens (including phenoxy) is 2. The van der Waals surface area contributed by atoms with Gasteiger partial charge in [0.25, 0.3) is 0 Å². The van der Waals surface area contributed by atoms with Crippen molar-refractivity contribution in [1.82, 2.24) is 9.80 Å². The number of hydrogen-bond donors (Lipinski definition) is 1. The highest BCUT2D eigenvalue weighted by molar-refractivity contribution is 5.99. The summed E-state index contributed by atoms with van der Waals surface area (Å²) in [5, 5.41) is 9.85. The number of aliphatic hydroxyl groups excluding tert-OH is 1. The molecule has 4 rings (SSSR count). The van der Waals surface area contributed by atoms with E-state index in [0.29, 0.717) is 19.5 Å². The molecule has 6 atom stereocenters. The minimum Gasteiger partial charge on any atom is -0.465 e. The van der Waals surface area contributed by atoms with Gasteiger partial charge in [-0.1, -0.05) is 44.1 Å². The molecule has 0 saturated carbocycles. The van der Waals surface area contributed by atoms with Crippen molar-refractivity contribution in [1.29, 1.82) is 0 Å². The largest absolute Gasteiger partial charge is 0.465 e. The summed E-state index contributed by atoms with van der Waals surface area (Å²) in [6.45, 7) is 4.82. The smallest absolute Gasteiger partial charge is 0.312 e. The second-order valence-corrected chi connectivity index (χ2v) is 8.90. The van der Waals surface area contributed by atoms with Crippen molar-refractivity contribution in [2.75, 3.05) is 26.3 Å². The molecule has 4 aliphatic heterocycles. The van der Waals surface area contributed by atoms with Crippen LogP contribution in [0.1, 0.15) is 39.5 Å². The van der Waals surface area contributed by atoms with E-state index in [9.17, 15) is 19.5 Å². The maximum atomic E-state index is 13.8. The SMILES string of the molecule is CCCCCN1CC=C[C@]23O[C@@H]4C=CCCOC(=O)[C@@H]4[C@H]2C(=O)N([C@H](C)CO)C3C1=O. The van der Waals surface area contributed by atoms with E-state index in [1.165, 1.54) is 4.90 Å². The van der Waals surface area contributed by atoms with Gasteiger partial charge < -0.3 is 24.4 Å². The minimum atomic E-state index is -1.25. The van der Waals surface area contributed by atoms with Crippen molar-refractivity contribution in [3.63, 3.8) is 0 Å². The van der Waals surface area contributed by atoms with Crippen LogP contribution in [0.25, 0.3) is 0 Å². The summed E-state index contributed by atoms with van der Waals surface area (Å²) in [6.07, 6.45) is 10.3. The fraction of sp³-hybridized carbons (Fsp3) is 0.696. The average molecular weight is 433 g/mol. The molecule has 4 heterocycles. The molecule has 0 bridgehead atoms. The molecule has 0 aromatic rings. The normalized spacial score (nSPS) is 35.8. The Balaban J connectivity index is 1.77. The minimum absolute atomic E-state index is 0.191. The van der Waals surface area contributed by atoms with Crippen molar-refractivity contribution < 1.29 is 29.0 Å². The first-order valence-corrected chi connectivity index (χ1v) is 11.4. The predicted octanol–water partition coefficient (Wildman–Crippen LogP) is 1.04. The molecule has 0 radical (unpaired) electrons. The summed E-state index contributed by atoms with van der Waals surface area (Å²) in [5.74, 6) is -2.66. The third-order valence-corrected chi connectivity index (χ3v) is 6.91. The summed E-state index contributed by atoms with van der Waals surface area (Å²) in [4.78, 5) is 43.5. The first kappa shape index (κ1) is 22.0. The lowest BCUT2D eigenvalue weighted by Gasteiger charge is -2.37. The number of unbranched alkanes of at least 4 members (excludes halogenated alkanes) is 2. The zero-order chi connectivity index (χ0) is 22.2. The number of aliphatic hydroxyl groups is 1. The molecule has 8 heteroatoms. The second kappa shape index (κ2) is 8.74. The molecular weight excluding hydrogens is 400 g/mol. The van der Waals surface area contributed by atoms with Gasteiger partial charge in [-0.15, -0.1) is 0 Å². The van der Waals surface area contributed by atoms with Crippen LogP contribution < -0.4 is 0 Å².